The Morgan fingerprint density at radius 3 is 2.41 bits per heavy atom. The first-order valence-electron chi connectivity index (χ1n) is 8.78. The van der Waals surface area contributed by atoms with Crippen LogP contribution in [0.1, 0.15) is 30.9 Å². The minimum absolute atomic E-state index is 0.0909. The summed E-state index contributed by atoms with van der Waals surface area (Å²) in [7, 11) is 0. The van der Waals surface area contributed by atoms with Gasteiger partial charge in [-0.2, -0.15) is 0 Å². The Labute approximate surface area is 157 Å². The Balaban J connectivity index is 1.80. The number of carbonyl (C=O) groups is 1. The number of unbranched alkanes of at least 4 members (excludes halogenated alkanes) is 1. The van der Waals surface area contributed by atoms with Gasteiger partial charge in [0.2, 0.25) is 5.91 Å². The van der Waals surface area contributed by atoms with Gasteiger partial charge in [-0.25, -0.2) is 4.57 Å². The predicted octanol–water partition coefficient (Wildman–Crippen LogP) is 1.26. The normalized spacial score (nSPS) is 13.0. The van der Waals surface area contributed by atoms with Gasteiger partial charge in [0.15, 0.2) is 12.4 Å². The summed E-state index contributed by atoms with van der Waals surface area (Å²) in [4.78, 5) is 22.2. The maximum absolute atomic E-state index is 12.1. The molecule has 2 atom stereocenters. The van der Waals surface area contributed by atoms with Crippen molar-refractivity contribution in [1.82, 2.24) is 5.32 Å². The molecule has 1 aromatic carbocycles. The van der Waals surface area contributed by atoms with Crippen molar-refractivity contribution < 1.29 is 24.5 Å². The third-order valence-electron chi connectivity index (χ3n) is 4.22. The number of nitrogens with one attached hydrogen (secondary N) is 1. The molecule has 0 spiro atoms. The molecule has 2 rings (SSSR count). The fourth-order valence-corrected chi connectivity index (χ4v) is 2.69. The minimum Gasteiger partial charge on any atom is -0.394 e. The van der Waals surface area contributed by atoms with Crippen molar-refractivity contribution in [2.45, 2.75) is 38.0 Å². The van der Waals surface area contributed by atoms with Crippen molar-refractivity contribution in [3.63, 3.8) is 0 Å². The number of nitro groups is 1. The van der Waals surface area contributed by atoms with Crippen LogP contribution in [0.5, 0.6) is 0 Å². The molecule has 0 radical (unpaired) electrons. The zero-order valence-electron chi connectivity index (χ0n) is 14.9. The molecule has 1 amide bonds. The second-order valence-electron chi connectivity index (χ2n) is 6.22. The van der Waals surface area contributed by atoms with Crippen LogP contribution < -0.4 is 9.88 Å². The van der Waals surface area contributed by atoms with E-state index in [4.69, 9.17) is 0 Å². The van der Waals surface area contributed by atoms with E-state index >= 15 is 0 Å². The van der Waals surface area contributed by atoms with E-state index in [9.17, 15) is 25.1 Å². The van der Waals surface area contributed by atoms with Crippen molar-refractivity contribution in [2.24, 2.45) is 0 Å². The number of hydrogen-bond donors (Lipinski definition) is 3. The zero-order chi connectivity index (χ0) is 19.6. The van der Waals surface area contributed by atoms with Gasteiger partial charge >= 0.3 is 0 Å². The SMILES string of the molecule is O=C(CCCC[n+]1ccccc1)N[C@H](CO)[C@H](O)c1ccc([N+](=O)[O-])cc1. The van der Waals surface area contributed by atoms with Crippen LogP contribution in [0.2, 0.25) is 0 Å². The second-order valence-corrected chi connectivity index (χ2v) is 6.22. The number of non-ortho nitro benzene ring substituents is 1. The molecule has 0 aliphatic carbocycles. The van der Waals surface area contributed by atoms with E-state index in [0.717, 1.165) is 13.0 Å². The molecule has 8 nitrogen and oxygen atoms in total. The Bertz CT molecular complexity index is 737. The summed E-state index contributed by atoms with van der Waals surface area (Å²) in [6, 6.07) is 10.3. The van der Waals surface area contributed by atoms with E-state index < -0.39 is 23.7 Å². The first kappa shape index (κ1) is 20.5. The van der Waals surface area contributed by atoms with Crippen molar-refractivity contribution in [3.05, 3.63) is 70.5 Å². The van der Waals surface area contributed by atoms with Gasteiger partial charge in [-0.15, -0.1) is 0 Å². The summed E-state index contributed by atoms with van der Waals surface area (Å²) >= 11 is 0. The summed E-state index contributed by atoms with van der Waals surface area (Å²) in [5.41, 5.74) is 0.298. The average Bonchev–Trinajstić information content (AvgIpc) is 2.69. The highest BCUT2D eigenvalue weighted by molar-refractivity contribution is 5.76. The standard InChI is InChI=1S/C19H23N3O5/c23-14-17(19(25)15-7-9-16(10-8-15)22(26)27)20-18(24)6-2-5-13-21-11-3-1-4-12-21/h1,3-4,7-12,17,19,23,25H,2,5-6,13-14H2/p+1/t17-,19-/m1/s1. The minimum atomic E-state index is -1.15. The number of benzene rings is 1. The number of aliphatic hydroxyl groups is 2. The van der Waals surface area contributed by atoms with Gasteiger partial charge in [0.1, 0.15) is 12.6 Å². The molecule has 27 heavy (non-hydrogen) atoms. The number of rotatable bonds is 10. The molecule has 0 bridgehead atoms. The van der Waals surface area contributed by atoms with Crippen LogP contribution in [0.4, 0.5) is 5.69 Å². The zero-order valence-corrected chi connectivity index (χ0v) is 14.9. The lowest BCUT2D eigenvalue weighted by molar-refractivity contribution is -0.697. The molecule has 1 aromatic heterocycles. The van der Waals surface area contributed by atoms with Gasteiger partial charge in [0, 0.05) is 37.1 Å². The number of nitro benzene ring substituents is 1. The summed E-state index contributed by atoms with van der Waals surface area (Å²) in [6.45, 7) is 0.368. The van der Waals surface area contributed by atoms with Gasteiger partial charge in [0.05, 0.1) is 17.6 Å². The Morgan fingerprint density at radius 2 is 1.81 bits per heavy atom. The molecule has 0 unspecified atom stereocenters. The van der Waals surface area contributed by atoms with Crippen LogP contribution in [0.3, 0.4) is 0 Å². The fourth-order valence-electron chi connectivity index (χ4n) is 2.69. The summed E-state index contributed by atoms with van der Waals surface area (Å²) in [5.74, 6) is -0.256. The Morgan fingerprint density at radius 1 is 1.15 bits per heavy atom. The van der Waals surface area contributed by atoms with Crippen molar-refractivity contribution in [1.29, 1.82) is 0 Å². The van der Waals surface area contributed by atoms with Gasteiger partial charge in [-0.3, -0.25) is 14.9 Å². The lowest BCUT2D eigenvalue weighted by Crippen LogP contribution is -2.42. The number of aliphatic hydroxyl groups excluding tert-OH is 2. The van der Waals surface area contributed by atoms with E-state index in [-0.39, 0.29) is 18.0 Å². The first-order chi connectivity index (χ1) is 13.0. The van der Waals surface area contributed by atoms with E-state index in [0.29, 0.717) is 12.0 Å². The highest BCUT2D eigenvalue weighted by atomic mass is 16.6. The van der Waals surface area contributed by atoms with Crippen LogP contribution >= 0.6 is 0 Å². The number of aromatic nitrogens is 1. The number of aryl methyl sites for hydroxylation is 1. The molecule has 144 valence electrons. The number of pyridine rings is 1. The van der Waals surface area contributed by atoms with Crippen LogP contribution in [0.15, 0.2) is 54.9 Å². The number of carbonyl (C=O) groups excluding carboxylic acids is 1. The summed E-state index contributed by atoms with van der Waals surface area (Å²) in [6.07, 6.45) is 4.57. The maximum Gasteiger partial charge on any atom is 0.269 e. The molecule has 0 fully saturated rings. The lowest BCUT2D eigenvalue weighted by Gasteiger charge is -2.22. The predicted molar refractivity (Wildman–Crippen MR) is 97.6 cm³/mol. The van der Waals surface area contributed by atoms with Crippen LogP contribution in [0, 0.1) is 10.1 Å². The highest BCUT2D eigenvalue weighted by Crippen LogP contribution is 2.20. The molecular formula is C19H24N3O5+. The third kappa shape index (κ3) is 6.43. The Kier molecular flexibility index (Phi) is 7.84. The van der Waals surface area contributed by atoms with Crippen molar-refractivity contribution in [2.75, 3.05) is 6.61 Å². The van der Waals surface area contributed by atoms with E-state index in [1.807, 2.05) is 35.2 Å². The highest BCUT2D eigenvalue weighted by Gasteiger charge is 2.22. The van der Waals surface area contributed by atoms with E-state index in [1.165, 1.54) is 24.3 Å². The van der Waals surface area contributed by atoms with E-state index in [2.05, 4.69) is 5.32 Å². The van der Waals surface area contributed by atoms with Crippen LogP contribution in [0.25, 0.3) is 0 Å². The summed E-state index contributed by atoms with van der Waals surface area (Å²) < 4.78 is 2.03. The fraction of sp³-hybridized carbons (Fsp3) is 0.368. The van der Waals surface area contributed by atoms with Gasteiger partial charge in [-0.05, 0) is 24.1 Å². The number of nitrogens with zero attached hydrogens (tertiary/aromatic N) is 2. The molecule has 0 saturated heterocycles. The monoisotopic (exact) mass is 374 g/mol. The van der Waals surface area contributed by atoms with Gasteiger partial charge < -0.3 is 15.5 Å². The van der Waals surface area contributed by atoms with Crippen LogP contribution in [-0.4, -0.2) is 33.7 Å². The average molecular weight is 374 g/mol. The quantitative estimate of drug-likeness (QED) is 0.251. The third-order valence-corrected chi connectivity index (χ3v) is 4.22. The summed E-state index contributed by atoms with van der Waals surface area (Å²) in [5, 5.41) is 33.1. The van der Waals surface area contributed by atoms with Gasteiger partial charge in [-0.1, -0.05) is 6.07 Å². The van der Waals surface area contributed by atoms with Gasteiger partial charge in [0.25, 0.3) is 5.69 Å². The molecule has 2 aromatic rings. The molecule has 0 aliphatic rings. The van der Waals surface area contributed by atoms with Crippen molar-refractivity contribution >= 4 is 11.6 Å². The molecule has 1 heterocycles. The van der Waals surface area contributed by atoms with Crippen molar-refractivity contribution in [3.8, 4) is 0 Å². The Hall–Kier alpha value is -2.84. The van der Waals surface area contributed by atoms with E-state index in [1.54, 1.807) is 0 Å². The number of amides is 1. The molecule has 0 aliphatic heterocycles. The topological polar surface area (TPSA) is 117 Å². The second kappa shape index (κ2) is 10.3. The molecule has 3 N–H and O–H groups in total. The first-order valence-corrected chi connectivity index (χ1v) is 8.78. The molecular weight excluding hydrogens is 350 g/mol. The smallest absolute Gasteiger partial charge is 0.269 e. The lowest BCUT2D eigenvalue weighted by atomic mass is 10.0. The number of hydrogen-bond acceptors (Lipinski definition) is 5. The maximum atomic E-state index is 12.1. The molecule has 0 saturated carbocycles. The largest absolute Gasteiger partial charge is 0.394 e. The molecule has 8 heteroatoms. The van der Waals surface area contributed by atoms with Crippen LogP contribution in [-0.2, 0) is 11.3 Å².